The number of carbonyl (C=O) groups excluding carboxylic acids is 1. The van der Waals surface area contributed by atoms with E-state index in [1.807, 2.05) is 87.4 Å². The summed E-state index contributed by atoms with van der Waals surface area (Å²) >= 11 is 1.35. The van der Waals surface area contributed by atoms with E-state index in [4.69, 9.17) is 5.10 Å². The van der Waals surface area contributed by atoms with Crippen LogP contribution in [0, 0.1) is 12.7 Å². The highest BCUT2D eigenvalue weighted by Gasteiger charge is 2.34. The third-order valence-corrected chi connectivity index (χ3v) is 7.28. The van der Waals surface area contributed by atoms with Crippen LogP contribution in [-0.4, -0.2) is 34.8 Å². The summed E-state index contributed by atoms with van der Waals surface area (Å²) in [7, 11) is 3.97. The van der Waals surface area contributed by atoms with Crippen LogP contribution < -0.4 is 15.5 Å². The Morgan fingerprint density at radius 2 is 1.84 bits per heavy atom. The molecule has 0 radical (unpaired) electrons. The molecule has 1 aliphatic rings. The molecule has 2 N–H and O–H groups in total. The molecule has 0 saturated heterocycles. The first kappa shape index (κ1) is 25.5. The number of allylic oxidation sites excluding steroid dienone is 1. The molecular formula is C29H29FN6OS. The molecule has 0 aliphatic carbocycles. The summed E-state index contributed by atoms with van der Waals surface area (Å²) in [4.78, 5) is 20.4. The highest BCUT2D eigenvalue weighted by atomic mass is 32.2. The number of aromatic nitrogens is 3. The second-order valence-electron chi connectivity index (χ2n) is 9.42. The number of fused-ring (bicyclic) bond motifs is 1. The number of hydrogen-bond acceptors (Lipinski definition) is 6. The molecule has 38 heavy (non-hydrogen) atoms. The lowest BCUT2D eigenvalue weighted by Crippen LogP contribution is -2.31. The molecule has 3 aromatic carbocycles. The Kier molecular flexibility index (Phi) is 7.20. The lowest BCUT2D eigenvalue weighted by Gasteiger charge is -2.29. The van der Waals surface area contributed by atoms with E-state index in [0.29, 0.717) is 33.7 Å². The number of hydrogen-bond donors (Lipinski definition) is 2. The SMILES string of the molecule is CC1=C(C(=O)Nc2cccc(C)c2)C(c2ccc(N(C)C)cc2)n2nc(SCc3ccccc3F)nc2N1. The van der Waals surface area contributed by atoms with Crippen molar-refractivity contribution in [3.8, 4) is 0 Å². The lowest BCUT2D eigenvalue weighted by atomic mass is 9.94. The van der Waals surface area contributed by atoms with E-state index in [2.05, 4.69) is 15.6 Å². The van der Waals surface area contributed by atoms with E-state index in [1.54, 1.807) is 16.8 Å². The van der Waals surface area contributed by atoms with Gasteiger partial charge in [0, 0.05) is 36.9 Å². The van der Waals surface area contributed by atoms with Crippen LogP contribution in [0.15, 0.2) is 89.2 Å². The van der Waals surface area contributed by atoms with Gasteiger partial charge in [0.05, 0.1) is 5.57 Å². The second-order valence-corrected chi connectivity index (χ2v) is 10.4. The van der Waals surface area contributed by atoms with Crippen molar-refractivity contribution in [3.63, 3.8) is 0 Å². The highest BCUT2D eigenvalue weighted by Crippen LogP contribution is 2.37. The summed E-state index contributed by atoms with van der Waals surface area (Å²) in [5.74, 6) is 0.454. The Hall–Kier alpha value is -4.11. The first-order chi connectivity index (χ1) is 18.3. The zero-order valence-corrected chi connectivity index (χ0v) is 22.5. The normalized spacial score (nSPS) is 14.6. The van der Waals surface area contributed by atoms with Gasteiger partial charge in [0.25, 0.3) is 5.91 Å². The van der Waals surface area contributed by atoms with Gasteiger partial charge >= 0.3 is 0 Å². The van der Waals surface area contributed by atoms with Crippen molar-refractivity contribution in [2.75, 3.05) is 29.6 Å². The average molecular weight is 529 g/mol. The molecular weight excluding hydrogens is 499 g/mol. The van der Waals surface area contributed by atoms with Gasteiger partial charge in [0.15, 0.2) is 0 Å². The molecule has 0 fully saturated rings. The van der Waals surface area contributed by atoms with Gasteiger partial charge in [-0.15, -0.1) is 5.10 Å². The first-order valence-corrected chi connectivity index (χ1v) is 13.2. The second kappa shape index (κ2) is 10.7. The van der Waals surface area contributed by atoms with Gasteiger partial charge in [0.1, 0.15) is 11.9 Å². The predicted molar refractivity (Wildman–Crippen MR) is 151 cm³/mol. The summed E-state index contributed by atoms with van der Waals surface area (Å²) < 4.78 is 15.9. The first-order valence-electron chi connectivity index (χ1n) is 12.3. The molecule has 1 aliphatic heterocycles. The fourth-order valence-electron chi connectivity index (χ4n) is 4.43. The van der Waals surface area contributed by atoms with Crippen LogP contribution >= 0.6 is 11.8 Å². The molecule has 194 valence electrons. The number of benzene rings is 3. The molecule has 0 spiro atoms. The van der Waals surface area contributed by atoms with Crippen molar-refractivity contribution in [3.05, 3.63) is 107 Å². The molecule has 1 unspecified atom stereocenters. The highest BCUT2D eigenvalue weighted by molar-refractivity contribution is 7.98. The van der Waals surface area contributed by atoms with Crippen molar-refractivity contribution >= 4 is 35.0 Å². The van der Waals surface area contributed by atoms with Gasteiger partial charge in [-0.25, -0.2) is 9.07 Å². The molecule has 1 aromatic heterocycles. The van der Waals surface area contributed by atoms with E-state index in [1.165, 1.54) is 17.8 Å². The van der Waals surface area contributed by atoms with E-state index >= 15 is 0 Å². The van der Waals surface area contributed by atoms with Crippen molar-refractivity contribution in [2.45, 2.75) is 30.8 Å². The summed E-state index contributed by atoms with van der Waals surface area (Å²) in [6.45, 7) is 3.86. The number of nitrogens with one attached hydrogen (secondary N) is 2. The third-order valence-electron chi connectivity index (χ3n) is 6.39. The minimum Gasteiger partial charge on any atom is -0.378 e. The monoisotopic (exact) mass is 528 g/mol. The molecule has 4 aromatic rings. The minimum atomic E-state index is -0.498. The molecule has 7 nitrogen and oxygen atoms in total. The molecule has 9 heteroatoms. The van der Waals surface area contributed by atoms with Crippen LogP contribution in [0.25, 0.3) is 0 Å². The molecule has 2 heterocycles. The Balaban J connectivity index is 1.50. The Morgan fingerprint density at radius 1 is 1.08 bits per heavy atom. The number of amides is 1. The smallest absolute Gasteiger partial charge is 0.255 e. The van der Waals surface area contributed by atoms with Crippen molar-refractivity contribution in [1.82, 2.24) is 14.8 Å². The van der Waals surface area contributed by atoms with Crippen LogP contribution in [0.3, 0.4) is 0 Å². The zero-order chi connectivity index (χ0) is 26.8. The Labute approximate surface area is 225 Å². The van der Waals surface area contributed by atoms with Crippen LogP contribution in [0.4, 0.5) is 21.7 Å². The molecule has 1 atom stereocenters. The van der Waals surface area contributed by atoms with E-state index in [0.717, 1.165) is 22.5 Å². The maximum atomic E-state index is 14.2. The lowest BCUT2D eigenvalue weighted by molar-refractivity contribution is -0.113. The maximum absolute atomic E-state index is 14.2. The van der Waals surface area contributed by atoms with Crippen molar-refractivity contribution in [1.29, 1.82) is 0 Å². The summed E-state index contributed by atoms with van der Waals surface area (Å²) in [5, 5.41) is 11.6. The van der Waals surface area contributed by atoms with Gasteiger partial charge < -0.3 is 15.5 Å². The van der Waals surface area contributed by atoms with E-state index in [-0.39, 0.29) is 11.7 Å². The summed E-state index contributed by atoms with van der Waals surface area (Å²) in [6, 6.07) is 22.0. The standard InChI is InChI=1S/C29H29FN6OS/c1-18-8-7-10-22(16-18)32-27(37)25-19(2)31-28-33-29(38-17-21-9-5-6-11-24(21)30)34-36(28)26(25)20-12-14-23(15-13-20)35(3)4/h5-16,26H,17H2,1-4H3,(H,32,37)(H,31,33,34). The van der Waals surface area contributed by atoms with Crippen molar-refractivity contribution < 1.29 is 9.18 Å². The number of carbonyl (C=O) groups is 1. The zero-order valence-electron chi connectivity index (χ0n) is 21.7. The fraction of sp³-hybridized carbons (Fsp3) is 0.207. The van der Waals surface area contributed by atoms with Gasteiger partial charge in [-0.2, -0.15) is 4.98 Å². The van der Waals surface area contributed by atoms with E-state index < -0.39 is 6.04 Å². The summed E-state index contributed by atoms with van der Waals surface area (Å²) in [6.07, 6.45) is 0. The average Bonchev–Trinajstić information content (AvgIpc) is 3.29. The number of anilines is 3. The number of aryl methyl sites for hydroxylation is 1. The number of rotatable bonds is 7. The largest absolute Gasteiger partial charge is 0.378 e. The van der Waals surface area contributed by atoms with Crippen LogP contribution in [0.5, 0.6) is 0 Å². The van der Waals surface area contributed by atoms with Gasteiger partial charge in [0.2, 0.25) is 11.1 Å². The van der Waals surface area contributed by atoms with Gasteiger partial charge in [-0.1, -0.05) is 54.2 Å². The summed E-state index contributed by atoms with van der Waals surface area (Å²) in [5.41, 5.74) is 5.57. The number of nitrogens with zero attached hydrogens (tertiary/aromatic N) is 4. The Morgan fingerprint density at radius 3 is 2.55 bits per heavy atom. The molecule has 0 saturated carbocycles. The topological polar surface area (TPSA) is 75.1 Å². The number of halogens is 1. The molecule has 1 amide bonds. The van der Waals surface area contributed by atoms with Crippen LogP contribution in [0.2, 0.25) is 0 Å². The van der Waals surface area contributed by atoms with Gasteiger partial charge in [-0.3, -0.25) is 4.79 Å². The maximum Gasteiger partial charge on any atom is 0.255 e. The van der Waals surface area contributed by atoms with E-state index in [9.17, 15) is 9.18 Å². The Bertz CT molecular complexity index is 1510. The van der Waals surface area contributed by atoms with Crippen molar-refractivity contribution in [2.24, 2.45) is 0 Å². The predicted octanol–water partition coefficient (Wildman–Crippen LogP) is 6.01. The third kappa shape index (κ3) is 5.28. The quantitative estimate of drug-likeness (QED) is 0.286. The minimum absolute atomic E-state index is 0.219. The molecule has 0 bridgehead atoms. The van der Waals surface area contributed by atoms with Gasteiger partial charge in [-0.05, 0) is 60.9 Å². The molecule has 5 rings (SSSR count). The fourth-order valence-corrected chi connectivity index (χ4v) is 5.24. The van der Waals surface area contributed by atoms with Crippen LogP contribution in [-0.2, 0) is 10.5 Å². The van der Waals surface area contributed by atoms with Crippen LogP contribution in [0.1, 0.15) is 29.7 Å². The number of thioether (sulfide) groups is 1.